The summed E-state index contributed by atoms with van der Waals surface area (Å²) in [5, 5.41) is 0. The lowest BCUT2D eigenvalue weighted by Crippen LogP contribution is -2.57. The lowest BCUT2D eigenvalue weighted by Gasteiger charge is -2.06. The fourth-order valence-electron chi connectivity index (χ4n) is 1.84. The third kappa shape index (κ3) is 0.900. The SMILES string of the molecule is c1cc[n+]2c(c1)-n1ccc[n+]1CC2. The second kappa shape index (κ2) is 2.42. The Morgan fingerprint density at radius 3 is 3.08 bits per heavy atom. The van der Waals surface area contributed by atoms with Gasteiger partial charge in [0.2, 0.25) is 12.7 Å². The van der Waals surface area contributed by atoms with Gasteiger partial charge in [-0.1, -0.05) is 6.07 Å². The van der Waals surface area contributed by atoms with E-state index in [1.165, 1.54) is 5.82 Å². The van der Waals surface area contributed by atoms with Crippen molar-refractivity contribution >= 4 is 0 Å². The number of pyridine rings is 1. The molecule has 64 valence electrons. The zero-order valence-corrected chi connectivity index (χ0v) is 7.30. The molecule has 0 unspecified atom stereocenters. The Morgan fingerprint density at radius 2 is 2.08 bits per heavy atom. The first-order chi connectivity index (χ1) is 6.45. The first-order valence-corrected chi connectivity index (χ1v) is 4.51. The highest BCUT2D eigenvalue weighted by Crippen LogP contribution is 2.00. The van der Waals surface area contributed by atoms with Crippen LogP contribution in [0.25, 0.3) is 5.82 Å². The maximum absolute atomic E-state index is 2.26. The van der Waals surface area contributed by atoms with Gasteiger partial charge in [0, 0.05) is 10.7 Å². The van der Waals surface area contributed by atoms with E-state index in [1.807, 2.05) is 0 Å². The summed E-state index contributed by atoms with van der Waals surface area (Å²) in [6, 6.07) is 8.35. The van der Waals surface area contributed by atoms with Gasteiger partial charge < -0.3 is 0 Å². The van der Waals surface area contributed by atoms with Gasteiger partial charge in [-0.15, -0.1) is 0 Å². The standard InChI is InChI=1S/C10H11N3/c1-2-5-11-8-9-12-6-3-7-13(12)10(11)4-1/h1-7H,8-9H2/q+2. The van der Waals surface area contributed by atoms with Crippen molar-refractivity contribution in [3.05, 3.63) is 42.9 Å². The predicted octanol–water partition coefficient (Wildman–Crippen LogP) is 0.0659. The molecule has 0 N–H and O–H groups in total. The predicted molar refractivity (Wildman–Crippen MR) is 46.2 cm³/mol. The highest BCUT2D eigenvalue weighted by Gasteiger charge is 2.26. The van der Waals surface area contributed by atoms with Crippen molar-refractivity contribution in [1.82, 2.24) is 4.68 Å². The number of aryl methyl sites for hydroxylation is 2. The Balaban J connectivity index is 2.30. The topological polar surface area (TPSA) is 12.7 Å². The van der Waals surface area contributed by atoms with Gasteiger partial charge in [-0.3, -0.25) is 0 Å². The minimum atomic E-state index is 1.05. The molecule has 0 radical (unpaired) electrons. The third-order valence-corrected chi connectivity index (χ3v) is 2.48. The van der Waals surface area contributed by atoms with Crippen LogP contribution < -0.4 is 9.25 Å². The van der Waals surface area contributed by atoms with Crippen LogP contribution in [0.2, 0.25) is 0 Å². The molecule has 13 heavy (non-hydrogen) atoms. The van der Waals surface area contributed by atoms with Gasteiger partial charge in [-0.25, -0.2) is 4.57 Å². The molecule has 2 aromatic rings. The van der Waals surface area contributed by atoms with E-state index in [0.29, 0.717) is 0 Å². The zero-order valence-electron chi connectivity index (χ0n) is 7.30. The Bertz CT molecular complexity index is 445. The number of fused-ring (bicyclic) bond motifs is 3. The van der Waals surface area contributed by atoms with Crippen LogP contribution in [0.4, 0.5) is 0 Å². The normalized spacial score (nSPS) is 13.5. The molecule has 1 aliphatic heterocycles. The average molecular weight is 173 g/mol. The summed E-state index contributed by atoms with van der Waals surface area (Å²) in [4.78, 5) is 0. The fraction of sp³-hybridized carbons (Fsp3) is 0.200. The van der Waals surface area contributed by atoms with Crippen molar-refractivity contribution in [1.29, 1.82) is 0 Å². The third-order valence-electron chi connectivity index (χ3n) is 2.48. The van der Waals surface area contributed by atoms with Crippen LogP contribution in [0.1, 0.15) is 0 Å². The summed E-state index contributed by atoms with van der Waals surface area (Å²) in [7, 11) is 0. The summed E-state index contributed by atoms with van der Waals surface area (Å²) in [5.41, 5.74) is 0. The molecule has 3 rings (SSSR count). The van der Waals surface area contributed by atoms with Crippen molar-refractivity contribution in [3.8, 4) is 5.82 Å². The van der Waals surface area contributed by atoms with Crippen molar-refractivity contribution < 1.29 is 9.25 Å². The Labute approximate surface area is 76.5 Å². The van der Waals surface area contributed by atoms with Crippen LogP contribution in [0.3, 0.4) is 0 Å². The molecule has 0 aliphatic carbocycles. The molecule has 0 aromatic carbocycles. The first kappa shape index (κ1) is 6.83. The van der Waals surface area contributed by atoms with Crippen molar-refractivity contribution in [2.45, 2.75) is 13.1 Å². The maximum Gasteiger partial charge on any atom is 0.342 e. The monoisotopic (exact) mass is 173 g/mol. The number of hydrogen-bond acceptors (Lipinski definition) is 0. The summed E-state index contributed by atoms with van der Waals surface area (Å²) < 4.78 is 6.65. The van der Waals surface area contributed by atoms with E-state index in [1.54, 1.807) is 0 Å². The summed E-state index contributed by atoms with van der Waals surface area (Å²) >= 11 is 0. The molecule has 0 spiro atoms. The number of nitrogens with zero attached hydrogens (tertiary/aromatic N) is 3. The minimum Gasteiger partial charge on any atom is -0.223 e. The lowest BCUT2D eigenvalue weighted by atomic mass is 10.4. The summed E-state index contributed by atoms with van der Waals surface area (Å²) in [6.07, 6.45) is 6.32. The molecule has 3 nitrogen and oxygen atoms in total. The van der Waals surface area contributed by atoms with Crippen molar-refractivity contribution in [3.63, 3.8) is 0 Å². The van der Waals surface area contributed by atoms with Crippen molar-refractivity contribution in [2.75, 3.05) is 0 Å². The lowest BCUT2D eigenvalue weighted by molar-refractivity contribution is -0.853. The molecule has 3 heterocycles. The second-order valence-electron chi connectivity index (χ2n) is 3.25. The largest absolute Gasteiger partial charge is 0.342 e. The van der Waals surface area contributed by atoms with Crippen LogP contribution in [-0.2, 0) is 13.1 Å². The van der Waals surface area contributed by atoms with Crippen LogP contribution in [0.5, 0.6) is 0 Å². The zero-order chi connectivity index (χ0) is 8.67. The van der Waals surface area contributed by atoms with Crippen LogP contribution >= 0.6 is 0 Å². The Hall–Kier alpha value is -1.64. The van der Waals surface area contributed by atoms with Crippen LogP contribution in [-0.4, -0.2) is 4.68 Å². The second-order valence-corrected chi connectivity index (χ2v) is 3.25. The van der Waals surface area contributed by atoms with E-state index in [9.17, 15) is 0 Å². The van der Waals surface area contributed by atoms with Gasteiger partial charge in [0.25, 0.3) is 0 Å². The molecular weight excluding hydrogens is 162 g/mol. The maximum atomic E-state index is 2.26. The minimum absolute atomic E-state index is 1.05. The van der Waals surface area contributed by atoms with Gasteiger partial charge in [-0.2, -0.15) is 0 Å². The molecule has 0 bridgehead atoms. The van der Waals surface area contributed by atoms with Crippen molar-refractivity contribution in [2.24, 2.45) is 0 Å². The Kier molecular flexibility index (Phi) is 1.27. The Morgan fingerprint density at radius 1 is 1.08 bits per heavy atom. The fourth-order valence-corrected chi connectivity index (χ4v) is 1.84. The van der Waals surface area contributed by atoms with Gasteiger partial charge in [0.15, 0.2) is 12.7 Å². The molecule has 0 amide bonds. The molecule has 1 aliphatic rings. The molecule has 3 heteroatoms. The number of rotatable bonds is 0. The molecule has 0 atom stereocenters. The van der Waals surface area contributed by atoms with Crippen LogP contribution in [0.15, 0.2) is 42.9 Å². The highest BCUT2D eigenvalue weighted by atomic mass is 15.4. The first-order valence-electron chi connectivity index (χ1n) is 4.51. The van der Waals surface area contributed by atoms with E-state index >= 15 is 0 Å². The van der Waals surface area contributed by atoms with E-state index in [4.69, 9.17) is 0 Å². The van der Waals surface area contributed by atoms with E-state index in [-0.39, 0.29) is 0 Å². The average Bonchev–Trinajstić information content (AvgIpc) is 2.65. The quantitative estimate of drug-likeness (QED) is 0.500. The van der Waals surface area contributed by atoms with E-state index in [0.717, 1.165) is 13.1 Å². The van der Waals surface area contributed by atoms with Gasteiger partial charge in [0.1, 0.15) is 0 Å². The highest BCUT2D eigenvalue weighted by molar-refractivity contribution is 5.12. The molecule has 0 fully saturated rings. The molecule has 0 saturated carbocycles. The molecule has 0 saturated heterocycles. The summed E-state index contributed by atoms with van der Waals surface area (Å²) in [5.74, 6) is 1.23. The van der Waals surface area contributed by atoms with Gasteiger partial charge in [0.05, 0.1) is 12.3 Å². The van der Waals surface area contributed by atoms with E-state index < -0.39 is 0 Å². The smallest absolute Gasteiger partial charge is 0.223 e. The van der Waals surface area contributed by atoms with Gasteiger partial charge in [-0.05, 0) is 10.7 Å². The number of hydrogen-bond donors (Lipinski definition) is 0. The van der Waals surface area contributed by atoms with E-state index in [2.05, 4.69) is 56.8 Å². The van der Waals surface area contributed by atoms with Crippen LogP contribution in [0, 0.1) is 0 Å². The molecule has 2 aromatic heterocycles. The molecular formula is C10H11N3+2. The number of aromatic nitrogens is 3. The summed E-state index contributed by atoms with van der Waals surface area (Å²) in [6.45, 7) is 2.11. The van der Waals surface area contributed by atoms with Gasteiger partial charge >= 0.3 is 5.82 Å².